The van der Waals surface area contributed by atoms with Gasteiger partial charge in [0, 0.05) is 30.3 Å². The molecule has 0 aliphatic carbocycles. The molecule has 0 aromatic carbocycles. The Bertz CT molecular complexity index is 445. The molecule has 1 fully saturated rings. The normalized spacial score (nSPS) is 22.5. The van der Waals surface area contributed by atoms with Gasteiger partial charge in [0.2, 0.25) is 0 Å². The Morgan fingerprint density at radius 3 is 3.05 bits per heavy atom. The summed E-state index contributed by atoms with van der Waals surface area (Å²) in [5, 5.41) is 3.30. The zero-order chi connectivity index (χ0) is 13.8. The van der Waals surface area contributed by atoms with E-state index in [1.165, 1.54) is 0 Å². The molecule has 1 amide bonds. The Morgan fingerprint density at radius 2 is 2.37 bits per heavy atom. The maximum atomic E-state index is 12.1. The van der Waals surface area contributed by atoms with Crippen LogP contribution in [-0.4, -0.2) is 30.1 Å². The van der Waals surface area contributed by atoms with E-state index in [2.05, 4.69) is 17.2 Å². The summed E-state index contributed by atoms with van der Waals surface area (Å²) in [4.78, 5) is 16.1. The fourth-order valence-electron chi connectivity index (χ4n) is 2.46. The van der Waals surface area contributed by atoms with E-state index in [-0.39, 0.29) is 12.0 Å². The minimum absolute atomic E-state index is 0.103. The molecule has 1 aliphatic heterocycles. The first kappa shape index (κ1) is 14.3. The second kappa shape index (κ2) is 6.35. The van der Waals surface area contributed by atoms with Gasteiger partial charge in [0.15, 0.2) is 0 Å². The standard InChI is InChI=1S/C14H19ClN2O2/c1-3-12-10(4-5-19-12)8-16-14(18)11-6-9(2)17-13(15)7-11/h6-7,10,12H,3-5,8H2,1-2H3,(H,16,18). The molecule has 0 radical (unpaired) electrons. The lowest BCUT2D eigenvalue weighted by molar-refractivity contribution is 0.0827. The highest BCUT2D eigenvalue weighted by Gasteiger charge is 2.26. The van der Waals surface area contributed by atoms with Gasteiger partial charge in [-0.25, -0.2) is 4.98 Å². The molecule has 19 heavy (non-hydrogen) atoms. The van der Waals surface area contributed by atoms with Crippen molar-refractivity contribution in [1.29, 1.82) is 0 Å². The summed E-state index contributed by atoms with van der Waals surface area (Å²) in [6, 6.07) is 3.33. The average Bonchev–Trinajstić information content (AvgIpc) is 2.82. The Labute approximate surface area is 118 Å². The maximum Gasteiger partial charge on any atom is 0.251 e. The van der Waals surface area contributed by atoms with Gasteiger partial charge in [-0.1, -0.05) is 18.5 Å². The van der Waals surface area contributed by atoms with Crippen molar-refractivity contribution in [2.24, 2.45) is 5.92 Å². The second-order valence-corrected chi connectivity index (χ2v) is 5.28. The third kappa shape index (κ3) is 3.67. The van der Waals surface area contributed by atoms with Crippen LogP contribution < -0.4 is 5.32 Å². The summed E-state index contributed by atoms with van der Waals surface area (Å²) in [5.41, 5.74) is 1.30. The molecule has 1 N–H and O–H groups in total. The molecular weight excluding hydrogens is 264 g/mol. The molecule has 0 spiro atoms. The number of aromatic nitrogens is 1. The number of carbonyl (C=O) groups is 1. The van der Waals surface area contributed by atoms with Gasteiger partial charge in [-0.2, -0.15) is 0 Å². The number of nitrogens with zero attached hydrogens (tertiary/aromatic N) is 1. The van der Waals surface area contributed by atoms with E-state index in [1.807, 2.05) is 6.92 Å². The van der Waals surface area contributed by atoms with E-state index in [0.717, 1.165) is 25.1 Å². The van der Waals surface area contributed by atoms with Crippen molar-refractivity contribution in [3.05, 3.63) is 28.5 Å². The zero-order valence-corrected chi connectivity index (χ0v) is 12.0. The zero-order valence-electron chi connectivity index (χ0n) is 11.3. The lowest BCUT2D eigenvalue weighted by atomic mass is 9.99. The number of hydrogen-bond acceptors (Lipinski definition) is 3. The molecule has 4 nitrogen and oxygen atoms in total. The molecule has 2 atom stereocenters. The van der Waals surface area contributed by atoms with Crippen LogP contribution in [0, 0.1) is 12.8 Å². The first-order valence-electron chi connectivity index (χ1n) is 6.64. The smallest absolute Gasteiger partial charge is 0.251 e. The van der Waals surface area contributed by atoms with E-state index >= 15 is 0 Å². The lowest BCUT2D eigenvalue weighted by Crippen LogP contribution is -2.32. The first-order valence-corrected chi connectivity index (χ1v) is 7.02. The topological polar surface area (TPSA) is 51.2 Å². The second-order valence-electron chi connectivity index (χ2n) is 4.90. The van der Waals surface area contributed by atoms with Crippen molar-refractivity contribution >= 4 is 17.5 Å². The summed E-state index contributed by atoms with van der Waals surface area (Å²) in [7, 11) is 0. The Hall–Kier alpha value is -1.13. The molecule has 104 valence electrons. The number of nitrogens with one attached hydrogen (secondary N) is 1. The van der Waals surface area contributed by atoms with E-state index < -0.39 is 0 Å². The predicted octanol–water partition coefficient (Wildman–Crippen LogP) is 2.59. The number of pyridine rings is 1. The maximum absolute atomic E-state index is 12.1. The van der Waals surface area contributed by atoms with Crippen LogP contribution in [0.5, 0.6) is 0 Å². The number of amides is 1. The number of hydrogen-bond donors (Lipinski definition) is 1. The van der Waals surface area contributed by atoms with Gasteiger partial charge >= 0.3 is 0 Å². The summed E-state index contributed by atoms with van der Waals surface area (Å²) >= 11 is 5.86. The number of ether oxygens (including phenoxy) is 1. The predicted molar refractivity (Wildman–Crippen MR) is 74.5 cm³/mol. The monoisotopic (exact) mass is 282 g/mol. The summed E-state index contributed by atoms with van der Waals surface area (Å²) in [6.07, 6.45) is 2.26. The Morgan fingerprint density at radius 1 is 1.58 bits per heavy atom. The van der Waals surface area contributed by atoms with Crippen molar-refractivity contribution in [3.8, 4) is 0 Å². The van der Waals surface area contributed by atoms with Crippen LogP contribution in [0.4, 0.5) is 0 Å². The third-order valence-corrected chi connectivity index (χ3v) is 3.65. The molecule has 1 aliphatic rings. The molecule has 1 aromatic heterocycles. The van der Waals surface area contributed by atoms with Crippen LogP contribution in [-0.2, 0) is 4.74 Å². The highest BCUT2D eigenvalue weighted by atomic mass is 35.5. The highest BCUT2D eigenvalue weighted by molar-refractivity contribution is 6.29. The number of rotatable bonds is 4. The van der Waals surface area contributed by atoms with Gasteiger partial charge in [0.1, 0.15) is 5.15 Å². The Balaban J connectivity index is 1.94. The molecular formula is C14H19ClN2O2. The van der Waals surface area contributed by atoms with E-state index in [1.54, 1.807) is 12.1 Å². The number of aryl methyl sites for hydroxylation is 1. The highest BCUT2D eigenvalue weighted by Crippen LogP contribution is 2.22. The van der Waals surface area contributed by atoms with Crippen LogP contribution >= 0.6 is 11.6 Å². The molecule has 2 heterocycles. The van der Waals surface area contributed by atoms with Gasteiger partial charge in [0.05, 0.1) is 6.10 Å². The summed E-state index contributed by atoms with van der Waals surface area (Å²) < 4.78 is 5.61. The molecule has 0 saturated carbocycles. The summed E-state index contributed by atoms with van der Waals surface area (Å²) in [6.45, 7) is 5.37. The average molecular weight is 283 g/mol. The largest absolute Gasteiger partial charge is 0.378 e. The number of carbonyl (C=O) groups excluding carboxylic acids is 1. The van der Waals surface area contributed by atoms with Crippen molar-refractivity contribution < 1.29 is 9.53 Å². The molecule has 0 bridgehead atoms. The molecule has 2 rings (SSSR count). The van der Waals surface area contributed by atoms with Gasteiger partial charge < -0.3 is 10.1 Å². The van der Waals surface area contributed by atoms with Crippen LogP contribution in [0.1, 0.15) is 35.8 Å². The quantitative estimate of drug-likeness (QED) is 0.864. The van der Waals surface area contributed by atoms with Gasteiger partial charge in [-0.3, -0.25) is 4.79 Å². The van der Waals surface area contributed by atoms with Gasteiger partial charge in [0.25, 0.3) is 5.91 Å². The number of halogens is 1. The van der Waals surface area contributed by atoms with Gasteiger partial charge in [-0.05, 0) is 31.9 Å². The van der Waals surface area contributed by atoms with Crippen molar-refractivity contribution in [1.82, 2.24) is 10.3 Å². The van der Waals surface area contributed by atoms with Crippen LogP contribution in [0.25, 0.3) is 0 Å². The van der Waals surface area contributed by atoms with Crippen LogP contribution in [0.2, 0.25) is 5.15 Å². The molecule has 5 heteroatoms. The van der Waals surface area contributed by atoms with Crippen molar-refractivity contribution in [2.45, 2.75) is 32.8 Å². The van der Waals surface area contributed by atoms with Crippen LogP contribution in [0.15, 0.2) is 12.1 Å². The fraction of sp³-hybridized carbons (Fsp3) is 0.571. The minimum Gasteiger partial charge on any atom is -0.378 e. The minimum atomic E-state index is -0.103. The van der Waals surface area contributed by atoms with E-state index in [0.29, 0.717) is 23.2 Å². The van der Waals surface area contributed by atoms with Gasteiger partial charge in [-0.15, -0.1) is 0 Å². The SMILES string of the molecule is CCC1OCCC1CNC(=O)c1cc(C)nc(Cl)c1. The first-order chi connectivity index (χ1) is 9.10. The fourth-order valence-corrected chi connectivity index (χ4v) is 2.71. The van der Waals surface area contributed by atoms with E-state index in [9.17, 15) is 4.79 Å². The lowest BCUT2D eigenvalue weighted by Gasteiger charge is -2.17. The van der Waals surface area contributed by atoms with Crippen LogP contribution in [0.3, 0.4) is 0 Å². The molecule has 1 aromatic rings. The Kier molecular flexibility index (Phi) is 4.77. The third-order valence-electron chi connectivity index (χ3n) is 3.46. The molecule has 2 unspecified atom stereocenters. The van der Waals surface area contributed by atoms with Crippen molar-refractivity contribution in [2.75, 3.05) is 13.2 Å². The van der Waals surface area contributed by atoms with Crippen molar-refractivity contribution in [3.63, 3.8) is 0 Å². The summed E-state index contributed by atoms with van der Waals surface area (Å²) in [5.74, 6) is 0.307. The molecule has 1 saturated heterocycles. The van der Waals surface area contributed by atoms with E-state index in [4.69, 9.17) is 16.3 Å².